The molecular formula is C22H23N3OS2. The normalized spacial score (nSPS) is 15.5. The molecule has 1 saturated heterocycles. The molecule has 0 N–H and O–H groups in total. The lowest BCUT2D eigenvalue weighted by Crippen LogP contribution is -2.47. The molecule has 4 nitrogen and oxygen atoms in total. The molecule has 1 amide bonds. The fourth-order valence-electron chi connectivity index (χ4n) is 3.29. The van der Waals surface area contributed by atoms with Crippen molar-refractivity contribution >= 4 is 45.3 Å². The maximum atomic E-state index is 12.5. The number of piperazine rings is 1. The number of nitrogens with zero attached hydrogens (tertiary/aromatic N) is 3. The molecule has 2 heterocycles. The van der Waals surface area contributed by atoms with E-state index in [0.29, 0.717) is 0 Å². The lowest BCUT2D eigenvalue weighted by molar-refractivity contribution is -0.127. The number of hydrogen-bond donors (Lipinski definition) is 0. The molecule has 144 valence electrons. The molecule has 6 heteroatoms. The topological polar surface area (TPSA) is 36.4 Å². The molecule has 0 saturated carbocycles. The molecule has 1 fully saturated rings. The van der Waals surface area contributed by atoms with E-state index in [2.05, 4.69) is 41.5 Å². The zero-order valence-electron chi connectivity index (χ0n) is 15.9. The summed E-state index contributed by atoms with van der Waals surface area (Å²) >= 11 is 3.48. The van der Waals surface area contributed by atoms with Gasteiger partial charge in [-0.05, 0) is 42.2 Å². The first-order valence-corrected chi connectivity index (χ1v) is 11.4. The van der Waals surface area contributed by atoms with Gasteiger partial charge in [-0.1, -0.05) is 24.3 Å². The van der Waals surface area contributed by atoms with Crippen LogP contribution in [0.2, 0.25) is 0 Å². The average Bonchev–Trinajstić information content (AvgIpc) is 3.15. The molecule has 28 heavy (non-hydrogen) atoms. The van der Waals surface area contributed by atoms with Crippen molar-refractivity contribution in [3.8, 4) is 0 Å². The average molecular weight is 410 g/mol. The maximum Gasteiger partial charge on any atom is 0.246 e. The Balaban J connectivity index is 1.29. The summed E-state index contributed by atoms with van der Waals surface area (Å²) in [5, 5.41) is 1.15. The Morgan fingerprint density at radius 1 is 1.11 bits per heavy atom. The molecule has 0 radical (unpaired) electrons. The zero-order chi connectivity index (χ0) is 19.3. The van der Waals surface area contributed by atoms with Crippen LogP contribution in [0, 0.1) is 0 Å². The molecule has 1 aromatic heterocycles. The first-order chi connectivity index (χ1) is 13.7. The van der Waals surface area contributed by atoms with Crippen molar-refractivity contribution in [2.24, 2.45) is 0 Å². The number of hydrogen-bond acceptors (Lipinski definition) is 5. The molecule has 1 aliphatic heterocycles. The van der Waals surface area contributed by atoms with Crippen molar-refractivity contribution < 1.29 is 4.79 Å². The van der Waals surface area contributed by atoms with Gasteiger partial charge in [0.1, 0.15) is 5.01 Å². The lowest BCUT2D eigenvalue weighted by atomic mass is 10.2. The van der Waals surface area contributed by atoms with Gasteiger partial charge in [0.2, 0.25) is 5.91 Å². The number of thiazole rings is 1. The number of benzene rings is 2. The second-order valence-electron chi connectivity index (χ2n) is 6.78. The van der Waals surface area contributed by atoms with E-state index in [9.17, 15) is 4.79 Å². The van der Waals surface area contributed by atoms with Crippen molar-refractivity contribution in [2.45, 2.75) is 11.4 Å². The standard InChI is InChI=1S/C22H23N3OS2/c1-27-18-9-6-17(7-10-18)8-11-22(26)25-14-12-24(13-15-25)16-21-23-19-4-2-3-5-20(19)28-21/h2-11H,12-16H2,1H3/b11-8+. The highest BCUT2D eigenvalue weighted by Crippen LogP contribution is 2.23. The van der Waals surface area contributed by atoms with Gasteiger partial charge < -0.3 is 4.90 Å². The van der Waals surface area contributed by atoms with Crippen molar-refractivity contribution in [1.29, 1.82) is 0 Å². The van der Waals surface area contributed by atoms with Crippen LogP contribution in [0.3, 0.4) is 0 Å². The highest BCUT2D eigenvalue weighted by molar-refractivity contribution is 7.98. The van der Waals surface area contributed by atoms with Crippen LogP contribution in [-0.4, -0.2) is 53.1 Å². The molecule has 2 aromatic carbocycles. The molecule has 0 unspecified atom stereocenters. The van der Waals surface area contributed by atoms with Gasteiger partial charge in [0.15, 0.2) is 0 Å². The largest absolute Gasteiger partial charge is 0.337 e. The minimum atomic E-state index is 0.0913. The number of fused-ring (bicyclic) bond motifs is 1. The highest BCUT2D eigenvalue weighted by atomic mass is 32.2. The van der Waals surface area contributed by atoms with Crippen molar-refractivity contribution in [1.82, 2.24) is 14.8 Å². The smallest absolute Gasteiger partial charge is 0.246 e. The Morgan fingerprint density at radius 3 is 2.57 bits per heavy atom. The second-order valence-corrected chi connectivity index (χ2v) is 8.78. The van der Waals surface area contributed by atoms with Crippen LogP contribution in [0.25, 0.3) is 16.3 Å². The molecule has 4 rings (SSSR count). The first-order valence-electron chi connectivity index (χ1n) is 9.39. The predicted octanol–water partition coefficient (Wildman–Crippen LogP) is 4.38. The van der Waals surface area contributed by atoms with Gasteiger partial charge in [-0.3, -0.25) is 9.69 Å². The minimum absolute atomic E-state index is 0.0913. The van der Waals surface area contributed by atoms with E-state index in [0.717, 1.165) is 48.8 Å². The molecule has 1 aliphatic rings. The summed E-state index contributed by atoms with van der Waals surface area (Å²) in [6.45, 7) is 4.16. The SMILES string of the molecule is CSc1ccc(/C=C/C(=O)N2CCN(Cc3nc4ccccc4s3)CC2)cc1. The Labute approximate surface area is 173 Å². The lowest BCUT2D eigenvalue weighted by Gasteiger charge is -2.33. The van der Waals surface area contributed by atoms with Crippen LogP contribution in [0.15, 0.2) is 59.5 Å². The molecule has 3 aromatic rings. The van der Waals surface area contributed by atoms with Crippen molar-refractivity contribution in [3.63, 3.8) is 0 Å². The number of carbonyl (C=O) groups is 1. The number of para-hydroxylation sites is 1. The Morgan fingerprint density at radius 2 is 1.86 bits per heavy atom. The van der Waals surface area contributed by atoms with E-state index in [-0.39, 0.29) is 5.91 Å². The third kappa shape index (κ3) is 4.63. The van der Waals surface area contributed by atoms with Crippen LogP contribution in [0.1, 0.15) is 10.6 Å². The minimum Gasteiger partial charge on any atom is -0.337 e. The number of aromatic nitrogens is 1. The van der Waals surface area contributed by atoms with Crippen molar-refractivity contribution in [2.75, 3.05) is 32.4 Å². The third-order valence-corrected chi connectivity index (χ3v) is 6.68. The highest BCUT2D eigenvalue weighted by Gasteiger charge is 2.20. The Hall–Kier alpha value is -2.15. The molecule has 0 aliphatic carbocycles. The monoisotopic (exact) mass is 409 g/mol. The van der Waals surface area contributed by atoms with E-state index in [1.54, 1.807) is 29.2 Å². The summed E-state index contributed by atoms with van der Waals surface area (Å²) in [7, 11) is 0. The van der Waals surface area contributed by atoms with Gasteiger partial charge in [0, 0.05) is 37.2 Å². The number of carbonyl (C=O) groups excluding carboxylic acids is 1. The molecule has 0 bridgehead atoms. The summed E-state index contributed by atoms with van der Waals surface area (Å²) in [5.74, 6) is 0.0913. The summed E-state index contributed by atoms with van der Waals surface area (Å²) in [6.07, 6.45) is 5.65. The zero-order valence-corrected chi connectivity index (χ0v) is 17.5. The second kappa shape index (κ2) is 8.90. The third-order valence-electron chi connectivity index (χ3n) is 4.92. The van der Waals surface area contributed by atoms with Crippen molar-refractivity contribution in [3.05, 3.63) is 65.2 Å². The Bertz CT molecular complexity index is 940. The maximum absolute atomic E-state index is 12.5. The number of amides is 1. The van der Waals surface area contributed by atoms with Gasteiger partial charge in [-0.15, -0.1) is 23.1 Å². The summed E-state index contributed by atoms with van der Waals surface area (Å²) in [4.78, 5) is 22.7. The molecular weight excluding hydrogens is 386 g/mol. The van der Waals surface area contributed by atoms with Gasteiger partial charge in [0.25, 0.3) is 0 Å². The summed E-state index contributed by atoms with van der Waals surface area (Å²) in [5.41, 5.74) is 2.13. The summed E-state index contributed by atoms with van der Waals surface area (Å²) < 4.78 is 1.24. The quantitative estimate of drug-likeness (QED) is 0.463. The van der Waals surface area contributed by atoms with Gasteiger partial charge in [-0.2, -0.15) is 0 Å². The molecule has 0 spiro atoms. The van der Waals surface area contributed by atoms with E-state index in [4.69, 9.17) is 4.98 Å². The summed E-state index contributed by atoms with van der Waals surface area (Å²) in [6, 6.07) is 16.5. The van der Waals surface area contributed by atoms with E-state index >= 15 is 0 Å². The molecule has 0 atom stereocenters. The van der Waals surface area contributed by atoms with Gasteiger partial charge in [0.05, 0.1) is 16.8 Å². The van der Waals surface area contributed by atoms with Gasteiger partial charge in [-0.25, -0.2) is 4.98 Å². The van der Waals surface area contributed by atoms with Crippen LogP contribution in [0.5, 0.6) is 0 Å². The van der Waals surface area contributed by atoms with Crippen LogP contribution >= 0.6 is 23.1 Å². The van der Waals surface area contributed by atoms with Crippen LogP contribution in [0.4, 0.5) is 0 Å². The van der Waals surface area contributed by atoms with E-state index in [1.807, 2.05) is 29.2 Å². The fraction of sp³-hybridized carbons (Fsp3) is 0.273. The van der Waals surface area contributed by atoms with E-state index in [1.165, 1.54) is 9.60 Å². The van der Waals surface area contributed by atoms with Crippen LogP contribution in [-0.2, 0) is 11.3 Å². The van der Waals surface area contributed by atoms with E-state index < -0.39 is 0 Å². The first kappa shape index (κ1) is 19.2. The Kier molecular flexibility index (Phi) is 6.10. The number of rotatable bonds is 5. The number of thioether (sulfide) groups is 1. The van der Waals surface area contributed by atoms with Gasteiger partial charge >= 0.3 is 0 Å². The fourth-order valence-corrected chi connectivity index (χ4v) is 4.71. The predicted molar refractivity (Wildman–Crippen MR) is 119 cm³/mol. The van der Waals surface area contributed by atoms with Crippen LogP contribution < -0.4 is 0 Å².